The van der Waals surface area contributed by atoms with Crippen LogP contribution >= 0.6 is 11.8 Å². The van der Waals surface area contributed by atoms with E-state index >= 15 is 0 Å². The molecule has 0 aromatic rings. The van der Waals surface area contributed by atoms with Crippen molar-refractivity contribution >= 4 is 17.7 Å². The van der Waals surface area contributed by atoms with Crippen molar-refractivity contribution in [1.82, 2.24) is 5.32 Å². The number of allylic oxidation sites excluding steroid dienone is 2. The van der Waals surface area contributed by atoms with Crippen LogP contribution in [0.5, 0.6) is 0 Å². The standard InChI is InChI=1S/C12H17NOS/c1-12(2,3)8-4-5-10-9(6-8)13-11(14)7-15-10/h4-6,9-10H,7H2,1-3H3,(H,13,14). The average molecular weight is 223 g/mol. The van der Waals surface area contributed by atoms with Gasteiger partial charge in [0.15, 0.2) is 0 Å². The topological polar surface area (TPSA) is 29.1 Å². The molecule has 3 heteroatoms. The number of fused-ring (bicyclic) bond motifs is 1. The van der Waals surface area contributed by atoms with Gasteiger partial charge in [-0.05, 0) is 11.0 Å². The molecule has 15 heavy (non-hydrogen) atoms. The van der Waals surface area contributed by atoms with E-state index in [2.05, 4.69) is 44.3 Å². The molecule has 1 saturated heterocycles. The molecular formula is C12H17NOS. The first-order valence-electron chi connectivity index (χ1n) is 5.28. The highest BCUT2D eigenvalue weighted by Crippen LogP contribution is 2.33. The minimum atomic E-state index is 0.154. The van der Waals surface area contributed by atoms with Crippen molar-refractivity contribution in [2.45, 2.75) is 32.1 Å². The van der Waals surface area contributed by atoms with Crippen LogP contribution in [0, 0.1) is 5.41 Å². The van der Waals surface area contributed by atoms with Gasteiger partial charge in [-0.3, -0.25) is 4.79 Å². The quantitative estimate of drug-likeness (QED) is 0.681. The fourth-order valence-electron chi connectivity index (χ4n) is 1.84. The summed E-state index contributed by atoms with van der Waals surface area (Å²) in [6.45, 7) is 6.59. The van der Waals surface area contributed by atoms with Crippen LogP contribution in [0.2, 0.25) is 0 Å². The van der Waals surface area contributed by atoms with Gasteiger partial charge in [0, 0.05) is 5.25 Å². The molecule has 0 aromatic carbocycles. The Kier molecular flexibility index (Phi) is 2.67. The number of hydrogen-bond donors (Lipinski definition) is 1. The lowest BCUT2D eigenvalue weighted by Crippen LogP contribution is -2.47. The van der Waals surface area contributed by atoms with E-state index in [0.717, 1.165) is 0 Å². The first kappa shape index (κ1) is 10.8. The van der Waals surface area contributed by atoms with Crippen molar-refractivity contribution in [3.63, 3.8) is 0 Å². The molecule has 2 atom stereocenters. The Hall–Kier alpha value is -0.700. The molecule has 0 spiro atoms. The zero-order chi connectivity index (χ0) is 11.1. The first-order chi connectivity index (χ1) is 6.97. The zero-order valence-corrected chi connectivity index (χ0v) is 10.2. The molecule has 1 heterocycles. The summed E-state index contributed by atoms with van der Waals surface area (Å²) in [6, 6.07) is 0.190. The van der Waals surface area contributed by atoms with E-state index in [1.807, 2.05) is 0 Å². The number of carbonyl (C=O) groups excluding carboxylic acids is 1. The van der Waals surface area contributed by atoms with Crippen molar-refractivity contribution in [3.8, 4) is 0 Å². The maximum atomic E-state index is 11.3. The Balaban J connectivity index is 2.20. The Labute approximate surface area is 95.2 Å². The molecule has 0 bridgehead atoms. The third-order valence-electron chi connectivity index (χ3n) is 2.78. The van der Waals surface area contributed by atoms with E-state index in [9.17, 15) is 4.79 Å². The number of carbonyl (C=O) groups is 1. The van der Waals surface area contributed by atoms with E-state index in [1.165, 1.54) is 5.57 Å². The Morgan fingerprint density at radius 1 is 1.47 bits per heavy atom. The van der Waals surface area contributed by atoms with E-state index in [1.54, 1.807) is 11.8 Å². The van der Waals surface area contributed by atoms with Crippen LogP contribution in [-0.2, 0) is 4.79 Å². The van der Waals surface area contributed by atoms with Gasteiger partial charge in [-0.1, -0.05) is 39.0 Å². The van der Waals surface area contributed by atoms with Crippen LogP contribution in [0.3, 0.4) is 0 Å². The van der Waals surface area contributed by atoms with Gasteiger partial charge in [0.1, 0.15) is 0 Å². The molecule has 0 radical (unpaired) electrons. The Morgan fingerprint density at radius 3 is 2.87 bits per heavy atom. The molecule has 0 aromatic heterocycles. The molecule has 1 N–H and O–H groups in total. The summed E-state index contributed by atoms with van der Waals surface area (Å²) >= 11 is 1.72. The number of nitrogens with one attached hydrogen (secondary N) is 1. The lowest BCUT2D eigenvalue weighted by atomic mass is 9.82. The van der Waals surface area contributed by atoms with Gasteiger partial charge >= 0.3 is 0 Å². The monoisotopic (exact) mass is 223 g/mol. The van der Waals surface area contributed by atoms with Crippen molar-refractivity contribution in [2.24, 2.45) is 5.41 Å². The number of hydrogen-bond acceptors (Lipinski definition) is 2. The molecule has 2 unspecified atom stereocenters. The van der Waals surface area contributed by atoms with Crippen molar-refractivity contribution in [2.75, 3.05) is 5.75 Å². The summed E-state index contributed by atoms with van der Waals surface area (Å²) in [4.78, 5) is 11.3. The maximum Gasteiger partial charge on any atom is 0.230 e. The van der Waals surface area contributed by atoms with Crippen molar-refractivity contribution in [1.29, 1.82) is 0 Å². The van der Waals surface area contributed by atoms with Crippen LogP contribution < -0.4 is 5.32 Å². The third kappa shape index (κ3) is 2.28. The minimum absolute atomic E-state index is 0.154. The smallest absolute Gasteiger partial charge is 0.230 e. The molecule has 82 valence electrons. The summed E-state index contributed by atoms with van der Waals surface area (Å²) in [5.74, 6) is 0.741. The predicted molar refractivity (Wildman–Crippen MR) is 64.9 cm³/mol. The maximum absolute atomic E-state index is 11.3. The highest BCUT2D eigenvalue weighted by molar-refractivity contribution is 8.00. The summed E-state index contributed by atoms with van der Waals surface area (Å²) in [5, 5.41) is 3.46. The SMILES string of the molecule is CC(C)(C)C1=CC2NC(=O)CSC2C=C1. The number of rotatable bonds is 0. The molecule has 0 saturated carbocycles. The van der Waals surface area contributed by atoms with Gasteiger partial charge in [-0.15, -0.1) is 11.8 Å². The fourth-order valence-corrected chi connectivity index (χ4v) is 2.82. The molecule has 1 aliphatic carbocycles. The normalized spacial score (nSPS) is 30.6. The Bertz CT molecular complexity index is 338. The summed E-state index contributed by atoms with van der Waals surface area (Å²) in [5.41, 5.74) is 1.47. The van der Waals surface area contributed by atoms with E-state index in [4.69, 9.17) is 0 Å². The van der Waals surface area contributed by atoms with E-state index in [0.29, 0.717) is 11.0 Å². The molecule has 2 rings (SSSR count). The van der Waals surface area contributed by atoms with Crippen LogP contribution in [0.25, 0.3) is 0 Å². The fraction of sp³-hybridized carbons (Fsp3) is 0.583. The van der Waals surface area contributed by atoms with Crippen LogP contribution in [-0.4, -0.2) is 23.0 Å². The lowest BCUT2D eigenvalue weighted by molar-refractivity contribution is -0.119. The van der Waals surface area contributed by atoms with Crippen LogP contribution in [0.4, 0.5) is 0 Å². The average Bonchev–Trinajstić information content (AvgIpc) is 2.15. The number of amides is 1. The van der Waals surface area contributed by atoms with Gasteiger partial charge in [0.25, 0.3) is 0 Å². The van der Waals surface area contributed by atoms with Gasteiger partial charge in [-0.2, -0.15) is 0 Å². The second kappa shape index (κ2) is 3.71. The molecule has 2 aliphatic rings. The summed E-state index contributed by atoms with van der Waals surface area (Å²) < 4.78 is 0. The van der Waals surface area contributed by atoms with Crippen LogP contribution in [0.1, 0.15) is 20.8 Å². The zero-order valence-electron chi connectivity index (χ0n) is 9.41. The molecule has 2 nitrogen and oxygen atoms in total. The van der Waals surface area contributed by atoms with Gasteiger partial charge in [0.2, 0.25) is 5.91 Å². The predicted octanol–water partition coefficient (Wildman–Crippen LogP) is 2.13. The van der Waals surface area contributed by atoms with Gasteiger partial charge in [-0.25, -0.2) is 0 Å². The summed E-state index contributed by atoms with van der Waals surface area (Å²) in [7, 11) is 0. The second-order valence-electron chi connectivity index (χ2n) is 5.10. The highest BCUT2D eigenvalue weighted by Gasteiger charge is 2.30. The largest absolute Gasteiger partial charge is 0.348 e. The second-order valence-corrected chi connectivity index (χ2v) is 6.27. The number of thioether (sulfide) groups is 1. The molecule has 1 amide bonds. The molecular weight excluding hydrogens is 206 g/mol. The Morgan fingerprint density at radius 2 is 2.20 bits per heavy atom. The van der Waals surface area contributed by atoms with Crippen LogP contribution in [0.15, 0.2) is 23.8 Å². The molecule has 1 fully saturated rings. The molecule has 1 aliphatic heterocycles. The van der Waals surface area contributed by atoms with Crippen molar-refractivity contribution in [3.05, 3.63) is 23.8 Å². The highest BCUT2D eigenvalue weighted by atomic mass is 32.2. The van der Waals surface area contributed by atoms with Gasteiger partial charge in [0.05, 0.1) is 11.8 Å². The van der Waals surface area contributed by atoms with Crippen molar-refractivity contribution < 1.29 is 4.79 Å². The lowest BCUT2D eigenvalue weighted by Gasteiger charge is -2.33. The summed E-state index contributed by atoms with van der Waals surface area (Å²) in [6.07, 6.45) is 6.62. The third-order valence-corrected chi connectivity index (χ3v) is 4.04. The van der Waals surface area contributed by atoms with E-state index in [-0.39, 0.29) is 17.4 Å². The first-order valence-corrected chi connectivity index (χ1v) is 6.33. The van der Waals surface area contributed by atoms with Gasteiger partial charge < -0.3 is 5.32 Å². The minimum Gasteiger partial charge on any atom is -0.348 e. The van der Waals surface area contributed by atoms with E-state index < -0.39 is 0 Å².